The van der Waals surface area contributed by atoms with E-state index in [0.29, 0.717) is 5.92 Å². The van der Waals surface area contributed by atoms with Crippen LogP contribution in [-0.4, -0.2) is 32.2 Å². The smallest absolute Gasteiger partial charge is 0.191 e. The highest BCUT2D eigenvalue weighted by molar-refractivity contribution is 5.79. The lowest BCUT2D eigenvalue weighted by molar-refractivity contribution is 0.235. The maximum Gasteiger partial charge on any atom is 0.191 e. The molecule has 0 radical (unpaired) electrons. The monoisotopic (exact) mass is 321 g/mol. The minimum Gasteiger partial charge on any atom is -0.488 e. The van der Waals surface area contributed by atoms with Crippen LogP contribution in [0.1, 0.15) is 22.6 Å². The Balaban J connectivity index is 1.25. The van der Waals surface area contributed by atoms with Gasteiger partial charge in [-0.15, -0.1) is 0 Å². The number of ether oxygens (including phenoxy) is 1. The minimum atomic E-state index is 0.172. The Bertz CT molecular complexity index is 731. The molecule has 4 nitrogen and oxygen atoms in total. The van der Waals surface area contributed by atoms with E-state index in [0.717, 1.165) is 37.6 Å². The van der Waals surface area contributed by atoms with Crippen LogP contribution in [0.2, 0.25) is 0 Å². The van der Waals surface area contributed by atoms with Crippen molar-refractivity contribution in [3.63, 3.8) is 0 Å². The number of rotatable bonds is 4. The highest BCUT2D eigenvalue weighted by Gasteiger charge is 2.26. The van der Waals surface area contributed by atoms with Crippen LogP contribution in [0.25, 0.3) is 0 Å². The summed E-state index contributed by atoms with van der Waals surface area (Å²) in [7, 11) is 1.81. The third-order valence-electron chi connectivity index (χ3n) is 4.91. The van der Waals surface area contributed by atoms with E-state index < -0.39 is 0 Å². The Labute approximate surface area is 143 Å². The van der Waals surface area contributed by atoms with Gasteiger partial charge in [-0.25, -0.2) is 0 Å². The van der Waals surface area contributed by atoms with Crippen LogP contribution in [0.3, 0.4) is 0 Å². The second-order valence-corrected chi connectivity index (χ2v) is 6.49. The first-order chi connectivity index (χ1) is 11.8. The first-order valence-corrected chi connectivity index (χ1v) is 8.60. The molecule has 0 saturated carbocycles. The van der Waals surface area contributed by atoms with Gasteiger partial charge < -0.3 is 15.4 Å². The molecule has 4 heteroatoms. The average Bonchev–Trinajstić information content (AvgIpc) is 3.01. The summed E-state index contributed by atoms with van der Waals surface area (Å²) < 4.78 is 5.96. The standard InChI is InChI=1S/C20H23N3O/c1-21-20(22-12-16-10-14-6-2-4-8-18(14)16)23-13-17-11-15-7-3-5-9-19(15)24-17/h2-9,16-17H,10-13H2,1H3,(H2,21,22,23). The van der Waals surface area contributed by atoms with Crippen LogP contribution in [0.5, 0.6) is 5.75 Å². The fraction of sp³-hybridized carbons (Fsp3) is 0.350. The largest absolute Gasteiger partial charge is 0.488 e. The number of nitrogens with one attached hydrogen (secondary N) is 2. The molecule has 0 fully saturated rings. The van der Waals surface area contributed by atoms with E-state index in [1.807, 2.05) is 19.2 Å². The number of hydrogen-bond acceptors (Lipinski definition) is 2. The zero-order chi connectivity index (χ0) is 16.4. The molecule has 0 saturated heterocycles. The van der Waals surface area contributed by atoms with Crippen LogP contribution in [0.4, 0.5) is 0 Å². The average molecular weight is 321 g/mol. The van der Waals surface area contributed by atoms with E-state index in [1.54, 1.807) is 0 Å². The molecule has 24 heavy (non-hydrogen) atoms. The summed E-state index contributed by atoms with van der Waals surface area (Å²) in [5.74, 6) is 2.45. The highest BCUT2D eigenvalue weighted by Crippen LogP contribution is 2.34. The van der Waals surface area contributed by atoms with Gasteiger partial charge in [0.05, 0.1) is 6.54 Å². The Kier molecular flexibility index (Phi) is 4.11. The molecule has 2 aliphatic rings. The second-order valence-electron chi connectivity index (χ2n) is 6.49. The van der Waals surface area contributed by atoms with E-state index in [4.69, 9.17) is 4.74 Å². The zero-order valence-electron chi connectivity index (χ0n) is 14.0. The molecular formula is C20H23N3O. The van der Waals surface area contributed by atoms with Gasteiger partial charge in [-0.2, -0.15) is 0 Å². The first-order valence-electron chi connectivity index (χ1n) is 8.60. The van der Waals surface area contributed by atoms with Crippen molar-refractivity contribution in [2.75, 3.05) is 20.1 Å². The predicted octanol–water partition coefficient (Wildman–Crippen LogP) is 2.50. The SMILES string of the molecule is CN=C(NCC1Cc2ccccc2O1)NCC1Cc2ccccc21. The van der Waals surface area contributed by atoms with Gasteiger partial charge in [0.15, 0.2) is 5.96 Å². The summed E-state index contributed by atoms with van der Waals surface area (Å²) in [5.41, 5.74) is 4.23. The minimum absolute atomic E-state index is 0.172. The molecule has 2 unspecified atom stereocenters. The Morgan fingerprint density at radius 1 is 1.00 bits per heavy atom. The van der Waals surface area contributed by atoms with Gasteiger partial charge in [-0.1, -0.05) is 42.5 Å². The number of benzene rings is 2. The third-order valence-corrected chi connectivity index (χ3v) is 4.91. The molecule has 2 N–H and O–H groups in total. The summed E-state index contributed by atoms with van der Waals surface area (Å²) in [6, 6.07) is 16.9. The zero-order valence-corrected chi connectivity index (χ0v) is 14.0. The lowest BCUT2D eigenvalue weighted by atomic mass is 9.78. The van der Waals surface area contributed by atoms with Crippen molar-refractivity contribution in [1.82, 2.24) is 10.6 Å². The lowest BCUT2D eigenvalue weighted by Gasteiger charge is -2.30. The summed E-state index contributed by atoms with van der Waals surface area (Å²) in [6.07, 6.45) is 2.28. The van der Waals surface area contributed by atoms with Crippen molar-refractivity contribution in [3.05, 3.63) is 65.2 Å². The molecule has 0 bridgehead atoms. The van der Waals surface area contributed by atoms with Crippen molar-refractivity contribution in [2.45, 2.75) is 24.9 Å². The maximum atomic E-state index is 5.96. The molecular weight excluding hydrogens is 298 g/mol. The quantitative estimate of drug-likeness (QED) is 0.672. The summed E-state index contributed by atoms with van der Waals surface area (Å²) in [5, 5.41) is 6.83. The Morgan fingerprint density at radius 3 is 2.54 bits per heavy atom. The Morgan fingerprint density at radius 2 is 1.75 bits per heavy atom. The molecule has 0 spiro atoms. The molecule has 4 rings (SSSR count). The summed E-state index contributed by atoms with van der Waals surface area (Å²) in [6.45, 7) is 1.68. The number of nitrogens with zero attached hydrogens (tertiary/aromatic N) is 1. The summed E-state index contributed by atoms with van der Waals surface area (Å²) >= 11 is 0. The highest BCUT2D eigenvalue weighted by atomic mass is 16.5. The number of para-hydroxylation sites is 1. The molecule has 0 amide bonds. The van der Waals surface area contributed by atoms with Gasteiger partial charge in [-0.05, 0) is 29.2 Å². The molecule has 1 aliphatic heterocycles. The van der Waals surface area contributed by atoms with Crippen LogP contribution >= 0.6 is 0 Å². The molecule has 1 aliphatic carbocycles. The fourth-order valence-corrected chi connectivity index (χ4v) is 3.56. The van der Waals surface area contributed by atoms with Gasteiger partial charge in [0.2, 0.25) is 0 Å². The second kappa shape index (κ2) is 6.56. The van der Waals surface area contributed by atoms with Gasteiger partial charge in [0.25, 0.3) is 0 Å². The molecule has 2 aromatic carbocycles. The topological polar surface area (TPSA) is 45.7 Å². The van der Waals surface area contributed by atoms with Gasteiger partial charge in [0, 0.05) is 25.9 Å². The van der Waals surface area contributed by atoms with Crippen LogP contribution in [0.15, 0.2) is 53.5 Å². The number of aliphatic imine (C=N–C) groups is 1. The number of fused-ring (bicyclic) bond motifs is 2. The normalized spacial score (nSPS) is 21.3. The van der Waals surface area contributed by atoms with E-state index in [2.05, 4.69) is 52.0 Å². The molecule has 1 heterocycles. The fourth-order valence-electron chi connectivity index (χ4n) is 3.56. The van der Waals surface area contributed by atoms with E-state index >= 15 is 0 Å². The van der Waals surface area contributed by atoms with E-state index in [9.17, 15) is 0 Å². The van der Waals surface area contributed by atoms with Gasteiger partial charge in [-0.3, -0.25) is 4.99 Å². The van der Waals surface area contributed by atoms with Crippen molar-refractivity contribution < 1.29 is 4.74 Å². The van der Waals surface area contributed by atoms with E-state index in [-0.39, 0.29) is 6.10 Å². The van der Waals surface area contributed by atoms with Crippen molar-refractivity contribution in [2.24, 2.45) is 4.99 Å². The van der Waals surface area contributed by atoms with Crippen LogP contribution in [-0.2, 0) is 12.8 Å². The third kappa shape index (κ3) is 2.96. The maximum absolute atomic E-state index is 5.96. The van der Waals surface area contributed by atoms with Crippen molar-refractivity contribution in [3.8, 4) is 5.75 Å². The molecule has 0 aromatic heterocycles. The lowest BCUT2D eigenvalue weighted by Crippen LogP contribution is -2.44. The van der Waals surface area contributed by atoms with Crippen molar-refractivity contribution in [1.29, 1.82) is 0 Å². The van der Waals surface area contributed by atoms with Gasteiger partial charge in [0.1, 0.15) is 11.9 Å². The molecule has 124 valence electrons. The number of hydrogen-bond donors (Lipinski definition) is 2. The van der Waals surface area contributed by atoms with Gasteiger partial charge >= 0.3 is 0 Å². The molecule has 2 aromatic rings. The van der Waals surface area contributed by atoms with Crippen LogP contribution < -0.4 is 15.4 Å². The number of guanidine groups is 1. The first kappa shape index (κ1) is 15.1. The summed E-state index contributed by atoms with van der Waals surface area (Å²) in [4.78, 5) is 4.32. The predicted molar refractivity (Wildman–Crippen MR) is 96.8 cm³/mol. The van der Waals surface area contributed by atoms with Crippen molar-refractivity contribution >= 4 is 5.96 Å². The van der Waals surface area contributed by atoms with E-state index in [1.165, 1.54) is 16.7 Å². The van der Waals surface area contributed by atoms with Crippen LogP contribution in [0, 0.1) is 0 Å². The molecule has 2 atom stereocenters. The Hall–Kier alpha value is -2.49.